The number of rotatable bonds is 11. The van der Waals surface area contributed by atoms with Gasteiger partial charge in [0.15, 0.2) is 11.5 Å². The molecule has 1 aliphatic carbocycles. The fraction of sp³-hybridized carbons (Fsp3) is 0.500. The maximum absolute atomic E-state index is 15.4. The zero-order valence-electron chi connectivity index (χ0n) is 33.0. The molecule has 59 heavy (non-hydrogen) atoms. The summed E-state index contributed by atoms with van der Waals surface area (Å²) in [7, 11) is 0. The van der Waals surface area contributed by atoms with E-state index in [0.717, 1.165) is 105 Å². The lowest BCUT2D eigenvalue weighted by Crippen LogP contribution is -2.54. The number of aryl methyl sites for hydroxylation is 1. The Morgan fingerprint density at radius 3 is 2.41 bits per heavy atom. The molecule has 3 aromatic heterocycles. The number of hydrogen-bond acceptors (Lipinski definition) is 12. The average molecular weight is 806 g/mol. The van der Waals surface area contributed by atoms with Crippen LogP contribution in [0, 0.1) is 24.6 Å². The predicted molar refractivity (Wildman–Crippen MR) is 214 cm³/mol. The van der Waals surface area contributed by atoms with Crippen molar-refractivity contribution in [3.05, 3.63) is 71.3 Å². The van der Waals surface area contributed by atoms with Gasteiger partial charge in [0.2, 0.25) is 11.8 Å². The Kier molecular flexibility index (Phi) is 10.5. The topological polar surface area (TPSA) is 188 Å². The van der Waals surface area contributed by atoms with E-state index in [0.29, 0.717) is 36.3 Å². The van der Waals surface area contributed by atoms with Crippen LogP contribution in [0.4, 0.5) is 15.9 Å². The SMILES string of the molecule is Cc1cccc(C(=O)NC2CC(n3cnc4c(NCCC5CCN(CC6CCN(c7cc8c(cc7F)C(=O)N([C@H]7CCC(=O)NC7=O)C8=O)CC6)CC5)ncnc43)C2)n1. The van der Waals surface area contributed by atoms with Crippen LogP contribution in [0.15, 0.2) is 43.0 Å². The van der Waals surface area contributed by atoms with E-state index in [1.165, 1.54) is 6.07 Å². The largest absolute Gasteiger partial charge is 0.369 e. The minimum atomic E-state index is -1.09. The molecule has 4 fully saturated rings. The molecule has 4 aliphatic heterocycles. The minimum absolute atomic E-state index is 0.0263. The monoisotopic (exact) mass is 805 g/mol. The lowest BCUT2D eigenvalue weighted by molar-refractivity contribution is -0.136. The summed E-state index contributed by atoms with van der Waals surface area (Å²) in [6.07, 6.45) is 10.1. The Morgan fingerprint density at radius 1 is 0.915 bits per heavy atom. The highest BCUT2D eigenvalue weighted by Gasteiger charge is 2.45. The number of carbonyl (C=O) groups is 5. The Bertz CT molecular complexity index is 2310. The number of pyridine rings is 1. The summed E-state index contributed by atoms with van der Waals surface area (Å²) in [6, 6.07) is 7.20. The van der Waals surface area contributed by atoms with E-state index in [4.69, 9.17) is 0 Å². The van der Waals surface area contributed by atoms with E-state index >= 15 is 4.39 Å². The second-order valence-electron chi connectivity index (χ2n) is 16.7. The van der Waals surface area contributed by atoms with E-state index < -0.39 is 35.5 Å². The number of piperidine rings is 3. The van der Waals surface area contributed by atoms with Gasteiger partial charge in [-0.15, -0.1) is 0 Å². The molecule has 5 amide bonds. The van der Waals surface area contributed by atoms with Crippen LogP contribution in [0.2, 0.25) is 0 Å². The normalized spacial score (nSPS) is 23.1. The van der Waals surface area contributed by atoms with Crippen LogP contribution < -0.4 is 20.9 Å². The number of imidazole rings is 1. The van der Waals surface area contributed by atoms with Crippen LogP contribution >= 0.6 is 0 Å². The van der Waals surface area contributed by atoms with Crippen molar-refractivity contribution >= 4 is 52.2 Å². The minimum Gasteiger partial charge on any atom is -0.369 e. The molecule has 1 atom stereocenters. The first-order chi connectivity index (χ1) is 28.6. The van der Waals surface area contributed by atoms with Gasteiger partial charge < -0.3 is 25.0 Å². The van der Waals surface area contributed by atoms with E-state index in [2.05, 4.69) is 45.4 Å². The molecule has 17 heteroatoms. The molecule has 1 aromatic carbocycles. The number of nitrogens with zero attached hydrogens (tertiary/aromatic N) is 8. The van der Waals surface area contributed by atoms with Crippen LogP contribution in [0.25, 0.3) is 11.2 Å². The number of aromatic nitrogens is 5. The second-order valence-corrected chi connectivity index (χ2v) is 16.7. The Labute approximate surface area is 340 Å². The van der Waals surface area contributed by atoms with Gasteiger partial charge in [0.05, 0.1) is 23.1 Å². The maximum atomic E-state index is 15.4. The number of nitrogens with one attached hydrogen (secondary N) is 3. The number of hydrogen-bond donors (Lipinski definition) is 3. The van der Waals surface area contributed by atoms with Crippen LogP contribution in [0.3, 0.4) is 0 Å². The van der Waals surface area contributed by atoms with Crippen LogP contribution in [-0.4, -0.2) is 115 Å². The molecule has 3 N–H and O–H groups in total. The molecule has 0 radical (unpaired) electrons. The second kappa shape index (κ2) is 16.1. The summed E-state index contributed by atoms with van der Waals surface area (Å²) in [6.45, 7) is 7.02. The van der Waals surface area contributed by atoms with Gasteiger partial charge in [0.25, 0.3) is 17.7 Å². The van der Waals surface area contributed by atoms with E-state index in [9.17, 15) is 24.0 Å². The van der Waals surface area contributed by atoms with Crippen molar-refractivity contribution in [2.24, 2.45) is 11.8 Å². The van der Waals surface area contributed by atoms with Gasteiger partial charge in [-0.3, -0.25) is 34.2 Å². The van der Waals surface area contributed by atoms with Gasteiger partial charge in [-0.25, -0.2) is 24.3 Å². The van der Waals surface area contributed by atoms with E-state index in [-0.39, 0.29) is 42.0 Å². The number of imide groups is 2. The molecule has 0 spiro atoms. The molecular weight excluding hydrogens is 758 g/mol. The zero-order valence-corrected chi connectivity index (χ0v) is 33.0. The first-order valence-corrected chi connectivity index (χ1v) is 20.8. The third kappa shape index (κ3) is 7.75. The molecule has 5 aliphatic rings. The first-order valence-electron chi connectivity index (χ1n) is 20.8. The number of likely N-dealkylation sites (tertiary alicyclic amines) is 1. The third-order valence-electron chi connectivity index (χ3n) is 12.9. The molecule has 4 aromatic rings. The first kappa shape index (κ1) is 38.7. The number of carbonyl (C=O) groups excluding carboxylic acids is 5. The predicted octanol–water partition coefficient (Wildman–Crippen LogP) is 3.63. The molecular formula is C42H48FN11O5. The molecule has 0 bridgehead atoms. The van der Waals surface area contributed by atoms with Gasteiger partial charge in [-0.1, -0.05) is 6.07 Å². The van der Waals surface area contributed by atoms with E-state index in [1.54, 1.807) is 12.4 Å². The molecule has 1 saturated carbocycles. The summed E-state index contributed by atoms with van der Waals surface area (Å²) >= 11 is 0. The van der Waals surface area contributed by atoms with Crippen LogP contribution in [-0.2, 0) is 9.59 Å². The summed E-state index contributed by atoms with van der Waals surface area (Å²) in [4.78, 5) is 86.5. The lowest BCUT2D eigenvalue weighted by atomic mass is 9.86. The fourth-order valence-corrected chi connectivity index (χ4v) is 9.41. The van der Waals surface area contributed by atoms with Crippen molar-refractivity contribution in [1.29, 1.82) is 0 Å². The lowest BCUT2D eigenvalue weighted by Gasteiger charge is -2.38. The molecule has 3 saturated heterocycles. The van der Waals surface area contributed by atoms with Crippen molar-refractivity contribution in [3.63, 3.8) is 0 Å². The van der Waals surface area contributed by atoms with Gasteiger partial charge >= 0.3 is 0 Å². The average Bonchev–Trinajstić information content (AvgIpc) is 3.74. The van der Waals surface area contributed by atoms with Crippen LogP contribution in [0.5, 0.6) is 0 Å². The Hall–Kier alpha value is -5.84. The summed E-state index contributed by atoms with van der Waals surface area (Å²) in [5, 5.41) is 8.80. The van der Waals surface area contributed by atoms with Gasteiger partial charge in [-0.05, 0) is 107 Å². The van der Waals surface area contributed by atoms with Crippen molar-refractivity contribution in [3.8, 4) is 0 Å². The summed E-state index contributed by atoms with van der Waals surface area (Å²) in [5.41, 5.74) is 3.13. The maximum Gasteiger partial charge on any atom is 0.270 e. The van der Waals surface area contributed by atoms with E-state index in [1.807, 2.05) is 30.3 Å². The zero-order chi connectivity index (χ0) is 40.8. The number of anilines is 2. The van der Waals surface area contributed by atoms with Crippen molar-refractivity contribution in [2.45, 2.75) is 82.8 Å². The highest BCUT2D eigenvalue weighted by molar-refractivity contribution is 6.23. The number of fused-ring (bicyclic) bond motifs is 2. The highest BCUT2D eigenvalue weighted by atomic mass is 19.1. The number of amides is 5. The standard InChI is InChI=1S/C42H48FN11O5/c1-24-3-2-4-32(48-24)39(56)49-27-17-28(18-27)53-23-47-36-37(45-22-46-38(36)53)44-12-7-25-8-13-51(14-9-25)21-26-10-15-52(16-11-26)34-20-30-29(19-31(34)43)41(58)54(42(30)59)33-5-6-35(55)50-40(33)57/h2-4,19-20,22-23,25-28,33H,5-18,21H2,1H3,(H,49,56)(H,44,45,46)(H,50,55,57)/t27?,28?,33-/m0/s1. The molecule has 7 heterocycles. The molecule has 0 unspecified atom stereocenters. The summed E-state index contributed by atoms with van der Waals surface area (Å²) < 4.78 is 17.5. The third-order valence-corrected chi connectivity index (χ3v) is 12.9. The smallest absolute Gasteiger partial charge is 0.270 e. The van der Waals surface area contributed by atoms with Gasteiger partial charge in [0.1, 0.15) is 29.4 Å². The highest BCUT2D eigenvalue weighted by Crippen LogP contribution is 2.36. The van der Waals surface area contributed by atoms with Crippen molar-refractivity contribution < 1.29 is 28.4 Å². The van der Waals surface area contributed by atoms with Gasteiger partial charge in [-0.2, -0.15) is 0 Å². The van der Waals surface area contributed by atoms with Gasteiger partial charge in [0, 0.05) is 50.4 Å². The van der Waals surface area contributed by atoms with Crippen molar-refractivity contribution in [1.82, 2.24) is 44.9 Å². The fourth-order valence-electron chi connectivity index (χ4n) is 9.41. The number of halogens is 1. The molecule has 16 nitrogen and oxygen atoms in total. The molecule has 9 rings (SSSR count). The number of benzene rings is 1. The summed E-state index contributed by atoms with van der Waals surface area (Å²) in [5.74, 6) is -1.36. The Morgan fingerprint density at radius 2 is 1.66 bits per heavy atom. The van der Waals surface area contributed by atoms with Crippen molar-refractivity contribution in [2.75, 3.05) is 49.5 Å². The quantitative estimate of drug-likeness (QED) is 0.187. The van der Waals surface area contributed by atoms with Crippen LogP contribution in [0.1, 0.15) is 101 Å². The Balaban J connectivity index is 0.707. The molecule has 308 valence electrons.